The van der Waals surface area contributed by atoms with Crippen molar-refractivity contribution in [1.29, 1.82) is 0 Å². The summed E-state index contributed by atoms with van der Waals surface area (Å²) in [6, 6.07) is 0. The second-order valence-corrected chi connectivity index (χ2v) is 8.77. The second kappa shape index (κ2) is 4.84. The van der Waals surface area contributed by atoms with Gasteiger partial charge in [0, 0.05) is 0 Å². The fourth-order valence-corrected chi connectivity index (χ4v) is 6.99. The Morgan fingerprint density at radius 3 is 2.06 bits per heavy atom. The molecule has 0 aromatic rings. The summed E-state index contributed by atoms with van der Waals surface area (Å²) in [5, 5.41) is 0. The number of rotatable bonds is 2. The van der Waals surface area contributed by atoms with Crippen LogP contribution in [0.5, 0.6) is 0 Å². The van der Waals surface area contributed by atoms with Crippen LogP contribution >= 0.6 is 0 Å². The van der Waals surface area contributed by atoms with E-state index in [2.05, 4.69) is 53.7 Å². The Labute approximate surface area is 117 Å². The van der Waals surface area contributed by atoms with Gasteiger partial charge < -0.3 is 0 Å². The zero-order valence-electron chi connectivity index (χ0n) is 11.8. The standard InChI is InChI=1S/2C8H11.Zr/c2*1-6-4-7(2)8(3)5-6;/h4,8H,1-3H3;4,6H,1-3H3;. The van der Waals surface area contributed by atoms with Gasteiger partial charge in [0.25, 0.3) is 0 Å². The second-order valence-electron chi connectivity index (χ2n) is 5.51. The molecule has 0 aromatic heterocycles. The quantitative estimate of drug-likeness (QED) is 0.687. The third-order valence-electron chi connectivity index (χ3n) is 4.21. The van der Waals surface area contributed by atoms with Gasteiger partial charge in [0.2, 0.25) is 0 Å². The summed E-state index contributed by atoms with van der Waals surface area (Å²) in [4.78, 5) is 0. The Morgan fingerprint density at radius 2 is 1.65 bits per heavy atom. The van der Waals surface area contributed by atoms with Crippen molar-refractivity contribution in [3.8, 4) is 0 Å². The molecule has 2 aliphatic carbocycles. The van der Waals surface area contributed by atoms with Gasteiger partial charge in [-0.3, -0.25) is 0 Å². The first-order valence-electron chi connectivity index (χ1n) is 6.47. The van der Waals surface area contributed by atoms with Crippen LogP contribution in [0.1, 0.15) is 41.5 Å². The van der Waals surface area contributed by atoms with E-state index < -0.39 is 23.2 Å². The topological polar surface area (TPSA) is 0 Å². The van der Waals surface area contributed by atoms with Crippen LogP contribution in [-0.4, -0.2) is 0 Å². The van der Waals surface area contributed by atoms with Crippen LogP contribution in [0.4, 0.5) is 0 Å². The fourth-order valence-electron chi connectivity index (χ4n) is 2.81. The maximum absolute atomic E-state index is 2.45. The molecule has 17 heavy (non-hydrogen) atoms. The molecule has 0 aliphatic heterocycles. The summed E-state index contributed by atoms with van der Waals surface area (Å²) in [5.41, 5.74) is 6.24. The summed E-state index contributed by atoms with van der Waals surface area (Å²) in [5.74, 6) is 1.42. The van der Waals surface area contributed by atoms with E-state index in [1.54, 1.807) is 23.3 Å². The summed E-state index contributed by atoms with van der Waals surface area (Å²) in [7, 11) is 0. The SMILES string of the molecule is CC1=CC(C)[C]([Zr][C]2=C(C)C=C(C)C2C)=C1C. The van der Waals surface area contributed by atoms with Gasteiger partial charge in [-0.1, -0.05) is 0 Å². The Morgan fingerprint density at radius 1 is 1.00 bits per heavy atom. The van der Waals surface area contributed by atoms with Crippen LogP contribution in [-0.2, 0) is 23.2 Å². The van der Waals surface area contributed by atoms with Crippen LogP contribution in [0.3, 0.4) is 0 Å². The molecule has 2 aliphatic rings. The van der Waals surface area contributed by atoms with Gasteiger partial charge in [-0.05, 0) is 0 Å². The van der Waals surface area contributed by atoms with E-state index in [4.69, 9.17) is 0 Å². The van der Waals surface area contributed by atoms with Crippen molar-refractivity contribution < 1.29 is 23.2 Å². The zero-order valence-corrected chi connectivity index (χ0v) is 14.3. The minimum atomic E-state index is -0.548. The molecule has 0 heterocycles. The molecule has 0 N–H and O–H groups in total. The van der Waals surface area contributed by atoms with Gasteiger partial charge in [0.05, 0.1) is 0 Å². The van der Waals surface area contributed by atoms with E-state index in [-0.39, 0.29) is 0 Å². The molecule has 0 bridgehead atoms. The van der Waals surface area contributed by atoms with Gasteiger partial charge in [0.1, 0.15) is 0 Å². The van der Waals surface area contributed by atoms with E-state index in [0.717, 1.165) is 5.92 Å². The molecule has 0 radical (unpaired) electrons. The van der Waals surface area contributed by atoms with E-state index >= 15 is 0 Å². The van der Waals surface area contributed by atoms with Gasteiger partial charge in [0.15, 0.2) is 0 Å². The molecule has 0 amide bonds. The third kappa shape index (κ3) is 2.36. The molecule has 0 saturated carbocycles. The van der Waals surface area contributed by atoms with E-state index in [1.165, 1.54) is 5.57 Å². The van der Waals surface area contributed by atoms with Crippen LogP contribution in [0.15, 0.2) is 41.0 Å². The molecular formula is C16H22Zr. The Kier molecular flexibility index (Phi) is 3.78. The average Bonchev–Trinajstić information content (AvgIpc) is 2.62. The van der Waals surface area contributed by atoms with Gasteiger partial charge >= 0.3 is 118 Å². The number of hydrogen-bond acceptors (Lipinski definition) is 0. The zero-order chi connectivity index (χ0) is 12.7. The molecule has 2 rings (SSSR count). The van der Waals surface area contributed by atoms with Crippen molar-refractivity contribution >= 4 is 0 Å². The monoisotopic (exact) mass is 304 g/mol. The van der Waals surface area contributed by atoms with Crippen LogP contribution in [0.25, 0.3) is 0 Å². The molecular weight excluding hydrogens is 283 g/mol. The van der Waals surface area contributed by atoms with Crippen molar-refractivity contribution in [3.05, 3.63) is 41.0 Å². The van der Waals surface area contributed by atoms with Crippen molar-refractivity contribution in [2.75, 3.05) is 0 Å². The number of allylic oxidation sites excluding steroid dienone is 8. The molecule has 0 fully saturated rings. The predicted octanol–water partition coefficient (Wildman–Crippen LogP) is 4.81. The normalized spacial score (nSPS) is 28.8. The van der Waals surface area contributed by atoms with Gasteiger partial charge in [-0.2, -0.15) is 0 Å². The molecule has 0 spiro atoms. The summed E-state index contributed by atoms with van der Waals surface area (Å²) in [6.07, 6.45) is 4.85. The van der Waals surface area contributed by atoms with E-state index in [1.807, 2.05) is 0 Å². The molecule has 0 saturated heterocycles. The summed E-state index contributed by atoms with van der Waals surface area (Å²) >= 11 is -0.548. The molecule has 0 nitrogen and oxygen atoms in total. The minimum absolute atomic E-state index is 0.548. The first-order chi connectivity index (χ1) is 7.91. The Hall–Kier alpha value is -0.157. The van der Waals surface area contributed by atoms with Crippen molar-refractivity contribution in [1.82, 2.24) is 0 Å². The molecule has 2 atom stereocenters. The van der Waals surface area contributed by atoms with Crippen LogP contribution in [0.2, 0.25) is 0 Å². The first kappa shape index (κ1) is 13.3. The predicted molar refractivity (Wildman–Crippen MR) is 71.2 cm³/mol. The summed E-state index contributed by atoms with van der Waals surface area (Å²) < 4.78 is 3.60. The van der Waals surface area contributed by atoms with E-state index in [0.29, 0.717) is 5.92 Å². The average molecular weight is 306 g/mol. The molecule has 2 unspecified atom stereocenters. The number of hydrogen-bond donors (Lipinski definition) is 0. The third-order valence-corrected chi connectivity index (χ3v) is 9.60. The van der Waals surface area contributed by atoms with Crippen molar-refractivity contribution in [2.24, 2.45) is 11.8 Å². The molecule has 90 valence electrons. The Bertz CT molecular complexity index is 472. The summed E-state index contributed by atoms with van der Waals surface area (Å²) in [6.45, 7) is 13.9. The fraction of sp³-hybridized carbons (Fsp3) is 0.500. The van der Waals surface area contributed by atoms with Gasteiger partial charge in [-0.25, -0.2) is 0 Å². The molecule has 0 aromatic carbocycles. The van der Waals surface area contributed by atoms with E-state index in [9.17, 15) is 0 Å². The maximum atomic E-state index is 2.45. The van der Waals surface area contributed by atoms with Gasteiger partial charge in [-0.15, -0.1) is 0 Å². The van der Waals surface area contributed by atoms with Crippen LogP contribution < -0.4 is 0 Å². The van der Waals surface area contributed by atoms with Crippen molar-refractivity contribution in [2.45, 2.75) is 41.5 Å². The first-order valence-corrected chi connectivity index (χ1v) is 8.93. The Balaban J connectivity index is 2.23. The van der Waals surface area contributed by atoms with Crippen LogP contribution in [0, 0.1) is 11.8 Å². The molecule has 1 heteroatoms. The van der Waals surface area contributed by atoms with Crippen molar-refractivity contribution in [3.63, 3.8) is 0 Å².